The molecular weight excluding hydrogens is 678 g/mol. The molecule has 8 rings (SSSR count). The fourth-order valence-electron chi connectivity index (χ4n) is 8.37. The summed E-state index contributed by atoms with van der Waals surface area (Å²) in [5, 5.41) is 6.15. The minimum atomic E-state index is -3.29. The van der Waals surface area contributed by atoms with Crippen molar-refractivity contribution in [2.45, 2.75) is 69.5 Å². The van der Waals surface area contributed by atoms with Crippen LogP contribution in [0.3, 0.4) is 0 Å². The number of amides is 1. The fourth-order valence-corrected chi connectivity index (χ4v) is 8.65. The molecule has 4 aliphatic heterocycles. The van der Waals surface area contributed by atoms with E-state index in [9.17, 15) is 13.6 Å². The summed E-state index contributed by atoms with van der Waals surface area (Å²) >= 11 is 6.74. The van der Waals surface area contributed by atoms with Crippen LogP contribution in [0.5, 0.6) is 6.01 Å². The van der Waals surface area contributed by atoms with Gasteiger partial charge in [-0.3, -0.25) is 9.69 Å². The van der Waals surface area contributed by atoms with Crippen LogP contribution in [0.2, 0.25) is 5.02 Å². The van der Waals surface area contributed by atoms with Crippen LogP contribution in [-0.2, 0) is 23.7 Å². The molecule has 1 amide bonds. The highest BCUT2D eigenvalue weighted by Crippen LogP contribution is 2.40. The molecule has 2 aromatic carbocycles. The van der Waals surface area contributed by atoms with E-state index in [0.717, 1.165) is 66.0 Å². The molecule has 3 saturated heterocycles. The number of hydrogen-bond acceptors (Lipinski definition) is 10. The van der Waals surface area contributed by atoms with Crippen molar-refractivity contribution in [3.05, 3.63) is 71.0 Å². The maximum absolute atomic E-state index is 13.7. The molecule has 0 N–H and O–H groups in total. The average molecular weight is 719 g/mol. The Bertz CT molecular complexity index is 1980. The van der Waals surface area contributed by atoms with Crippen molar-refractivity contribution in [3.8, 4) is 6.01 Å². The van der Waals surface area contributed by atoms with Gasteiger partial charge in [0.1, 0.15) is 12.4 Å². The lowest BCUT2D eigenvalue weighted by atomic mass is 9.95. The Morgan fingerprint density at radius 1 is 1.12 bits per heavy atom. The molecule has 4 aliphatic rings. The number of anilines is 2. The lowest BCUT2D eigenvalue weighted by molar-refractivity contribution is -0.124. The van der Waals surface area contributed by atoms with Crippen molar-refractivity contribution in [2.24, 2.45) is 0 Å². The first-order valence-electron chi connectivity index (χ1n) is 17.6. The summed E-state index contributed by atoms with van der Waals surface area (Å²) in [6.07, 6.45) is 5.96. The molecule has 14 heteroatoms. The monoisotopic (exact) mass is 718 g/mol. The van der Waals surface area contributed by atoms with Crippen LogP contribution in [0.15, 0.2) is 47.5 Å². The topological polar surface area (TPSA) is 104 Å². The largest absolute Gasteiger partial charge is 0.461 e. The van der Waals surface area contributed by atoms with Crippen molar-refractivity contribution < 1.29 is 22.8 Å². The second-order valence-electron chi connectivity index (χ2n) is 14.3. The average Bonchev–Trinajstić information content (AvgIpc) is 3.94. The highest BCUT2D eigenvalue weighted by molar-refractivity contribution is 6.36. The summed E-state index contributed by atoms with van der Waals surface area (Å²) < 4.78 is 38.9. The number of ether oxygens (including phenoxy) is 1. The second kappa shape index (κ2) is 13.0. The quantitative estimate of drug-likeness (QED) is 0.189. The Morgan fingerprint density at radius 2 is 1.88 bits per heavy atom. The number of likely N-dealkylation sites (tertiary alicyclic amines) is 1. The summed E-state index contributed by atoms with van der Waals surface area (Å²) in [5.74, 6) is -4.03. The molecule has 4 aromatic rings. The molecule has 11 nitrogen and oxygen atoms in total. The van der Waals surface area contributed by atoms with Gasteiger partial charge in [-0.25, -0.2) is 0 Å². The first kappa shape index (κ1) is 33.8. The zero-order valence-electron chi connectivity index (χ0n) is 28.9. The highest BCUT2D eigenvalue weighted by Gasteiger charge is 2.45. The summed E-state index contributed by atoms with van der Waals surface area (Å²) in [6, 6.07) is 12.5. The van der Waals surface area contributed by atoms with E-state index in [1.807, 2.05) is 19.2 Å². The van der Waals surface area contributed by atoms with Gasteiger partial charge in [0, 0.05) is 56.3 Å². The number of alkyl halides is 2. The number of carbonyl (C=O) groups is 1. The number of halogens is 3. The zero-order chi connectivity index (χ0) is 35.5. The third-order valence-corrected chi connectivity index (χ3v) is 11.5. The number of aromatic nitrogens is 4. The summed E-state index contributed by atoms with van der Waals surface area (Å²) in [6.45, 7) is 9.36. The van der Waals surface area contributed by atoms with E-state index in [-0.39, 0.29) is 23.0 Å². The number of hydrogen-bond donors (Lipinski definition) is 0. The Morgan fingerprint density at radius 3 is 2.63 bits per heavy atom. The predicted octanol–water partition coefficient (Wildman–Crippen LogP) is 6.10. The van der Waals surface area contributed by atoms with E-state index in [1.54, 1.807) is 4.90 Å². The van der Waals surface area contributed by atoms with E-state index in [4.69, 9.17) is 30.8 Å². The maximum atomic E-state index is 13.7. The lowest BCUT2D eigenvalue weighted by Gasteiger charge is -2.35. The summed E-state index contributed by atoms with van der Waals surface area (Å²) in [7, 11) is 2.00. The molecular formula is C37H41ClF2N8O3. The van der Waals surface area contributed by atoms with Crippen molar-refractivity contribution in [3.63, 3.8) is 0 Å². The Balaban J connectivity index is 1.06. The molecule has 0 bridgehead atoms. The number of likely N-dealkylation sites (N-methyl/N-ethyl adjacent to an activating group) is 1. The van der Waals surface area contributed by atoms with Gasteiger partial charge in [-0.15, -0.1) is 0 Å². The molecule has 3 fully saturated rings. The summed E-state index contributed by atoms with van der Waals surface area (Å²) in [5.41, 5.74) is 2.95. The predicted molar refractivity (Wildman–Crippen MR) is 190 cm³/mol. The van der Waals surface area contributed by atoms with E-state index in [1.165, 1.54) is 12.8 Å². The normalized spacial score (nSPS) is 20.1. The molecule has 51 heavy (non-hydrogen) atoms. The van der Waals surface area contributed by atoms with Gasteiger partial charge in [0.2, 0.25) is 5.82 Å². The minimum absolute atomic E-state index is 0.0396. The molecule has 1 atom stereocenters. The molecule has 0 spiro atoms. The van der Waals surface area contributed by atoms with Gasteiger partial charge >= 0.3 is 11.9 Å². The van der Waals surface area contributed by atoms with Crippen molar-refractivity contribution in [1.29, 1.82) is 0 Å². The van der Waals surface area contributed by atoms with Gasteiger partial charge in [0.15, 0.2) is 0 Å². The molecule has 0 saturated carbocycles. The van der Waals surface area contributed by atoms with E-state index in [2.05, 4.69) is 55.7 Å². The number of carbonyl (C=O) groups excluding carboxylic acids is 1. The Labute approximate surface area is 300 Å². The van der Waals surface area contributed by atoms with Crippen LogP contribution in [0, 0.1) is 0 Å². The smallest absolute Gasteiger partial charge is 0.318 e. The fraction of sp³-hybridized carbons (Fsp3) is 0.486. The molecule has 0 aliphatic carbocycles. The van der Waals surface area contributed by atoms with Crippen molar-refractivity contribution >= 4 is 45.4 Å². The van der Waals surface area contributed by atoms with Crippen LogP contribution in [0.1, 0.15) is 62.0 Å². The SMILES string of the molecule is C=C(C(=O)N1CC[C@@H](N(C)c2nc(OCC34CCCN3CCC4)nc3c2CCN(c2cccc4cccc(Cl)c24)C3)C1)c1nc(C(C)(F)F)no1. The second-order valence-corrected chi connectivity index (χ2v) is 14.8. The molecule has 0 radical (unpaired) electrons. The van der Waals surface area contributed by atoms with Crippen LogP contribution in [0.25, 0.3) is 16.3 Å². The van der Waals surface area contributed by atoms with Crippen LogP contribution in [0.4, 0.5) is 20.3 Å². The van der Waals surface area contributed by atoms with Gasteiger partial charge in [0.05, 0.1) is 28.4 Å². The number of rotatable bonds is 9. The molecule has 268 valence electrons. The van der Waals surface area contributed by atoms with Gasteiger partial charge in [-0.1, -0.05) is 47.6 Å². The standard InChI is InChI=1S/C37H41ClF2N8O3/c1-23(32-43-34(44-51-32)36(2,39)40)33(49)47-18-12-25(20-47)45(3)31-26-13-19-46(29-11-5-9-24-8-4-10-27(38)30(24)29)21-28(26)41-35(42-31)50-22-37-14-6-16-48(37)17-7-15-37/h4-5,8-11,25H,1,6-7,12-22H2,2-3H3/t25-/m1/s1. The molecule has 2 aromatic heterocycles. The number of benzene rings is 2. The third-order valence-electron chi connectivity index (χ3n) is 11.1. The van der Waals surface area contributed by atoms with Crippen LogP contribution in [-0.4, -0.2) is 93.8 Å². The lowest BCUT2D eigenvalue weighted by Crippen LogP contribution is -2.44. The van der Waals surface area contributed by atoms with E-state index < -0.39 is 17.7 Å². The Hall–Kier alpha value is -4.36. The Kier molecular flexibility index (Phi) is 8.61. The number of nitrogens with zero attached hydrogens (tertiary/aromatic N) is 8. The molecule has 0 unspecified atom stereocenters. The van der Waals surface area contributed by atoms with Crippen LogP contribution >= 0.6 is 11.6 Å². The van der Waals surface area contributed by atoms with Gasteiger partial charge < -0.3 is 24.0 Å². The first-order chi connectivity index (χ1) is 24.5. The maximum Gasteiger partial charge on any atom is 0.318 e. The van der Waals surface area contributed by atoms with Crippen LogP contribution < -0.4 is 14.5 Å². The van der Waals surface area contributed by atoms with Crippen molar-refractivity contribution in [1.82, 2.24) is 29.9 Å². The van der Waals surface area contributed by atoms with Gasteiger partial charge in [-0.2, -0.15) is 23.7 Å². The van der Waals surface area contributed by atoms with Gasteiger partial charge in [0.25, 0.3) is 11.8 Å². The number of fused-ring (bicyclic) bond motifs is 3. The van der Waals surface area contributed by atoms with Gasteiger partial charge in [-0.05, 0) is 69.1 Å². The highest BCUT2D eigenvalue weighted by atomic mass is 35.5. The minimum Gasteiger partial charge on any atom is -0.461 e. The zero-order valence-corrected chi connectivity index (χ0v) is 29.6. The first-order valence-corrected chi connectivity index (χ1v) is 18.0. The molecule has 6 heterocycles. The summed E-state index contributed by atoms with van der Waals surface area (Å²) in [4.78, 5) is 35.9. The third kappa shape index (κ3) is 6.18. The van der Waals surface area contributed by atoms with E-state index >= 15 is 0 Å². The van der Waals surface area contributed by atoms with Crippen molar-refractivity contribution in [2.75, 3.05) is 56.2 Å². The van der Waals surface area contributed by atoms with E-state index in [0.29, 0.717) is 57.0 Å².